The molecule has 4 rings (SSSR count). The summed E-state index contributed by atoms with van der Waals surface area (Å²) in [4.78, 5) is 0. The minimum Gasteiger partial charge on any atom is -0.393 e. The molecule has 0 aromatic rings. The van der Waals surface area contributed by atoms with E-state index in [4.69, 9.17) is 0 Å². The molecule has 0 aliphatic heterocycles. The van der Waals surface area contributed by atoms with Gasteiger partial charge < -0.3 is 10.2 Å². The topological polar surface area (TPSA) is 40.5 Å². The quantitative estimate of drug-likeness (QED) is 0.668. The Morgan fingerprint density at radius 2 is 1.86 bits per heavy atom. The summed E-state index contributed by atoms with van der Waals surface area (Å²) in [7, 11) is 0. The Morgan fingerprint density at radius 1 is 1.05 bits per heavy atom. The van der Waals surface area contributed by atoms with Crippen molar-refractivity contribution in [2.75, 3.05) is 0 Å². The molecule has 3 saturated carbocycles. The van der Waals surface area contributed by atoms with Gasteiger partial charge in [-0.05, 0) is 74.5 Å². The van der Waals surface area contributed by atoms with Crippen molar-refractivity contribution < 1.29 is 10.2 Å². The van der Waals surface area contributed by atoms with Crippen molar-refractivity contribution in [2.24, 2.45) is 28.6 Å². The van der Waals surface area contributed by atoms with Crippen LogP contribution in [0.15, 0.2) is 11.6 Å². The largest absolute Gasteiger partial charge is 0.393 e. The van der Waals surface area contributed by atoms with E-state index in [1.165, 1.54) is 25.7 Å². The molecular formula is C19H30O2. The molecule has 2 nitrogen and oxygen atoms in total. The van der Waals surface area contributed by atoms with Crippen molar-refractivity contribution in [3.63, 3.8) is 0 Å². The van der Waals surface area contributed by atoms with E-state index in [-0.39, 0.29) is 17.6 Å². The summed E-state index contributed by atoms with van der Waals surface area (Å²) in [5.74, 6) is 2.21. The van der Waals surface area contributed by atoms with Gasteiger partial charge in [0.1, 0.15) is 0 Å². The Hall–Kier alpha value is -0.340. The molecule has 0 spiro atoms. The highest BCUT2D eigenvalue weighted by Gasteiger charge is 2.57. The maximum atomic E-state index is 10.4. The first-order valence-electron chi connectivity index (χ1n) is 9.02. The van der Waals surface area contributed by atoms with Crippen LogP contribution in [0.1, 0.15) is 65.2 Å². The highest BCUT2D eigenvalue weighted by atomic mass is 16.3. The van der Waals surface area contributed by atoms with E-state index in [2.05, 4.69) is 19.9 Å². The van der Waals surface area contributed by atoms with Gasteiger partial charge in [0.25, 0.3) is 0 Å². The van der Waals surface area contributed by atoms with E-state index in [1.54, 1.807) is 5.57 Å². The number of hydrogen-bond donors (Lipinski definition) is 2. The summed E-state index contributed by atoms with van der Waals surface area (Å²) in [5, 5.41) is 20.5. The number of rotatable bonds is 0. The third-order valence-electron chi connectivity index (χ3n) is 7.99. The molecule has 3 fully saturated rings. The molecule has 4 aliphatic rings. The first-order valence-corrected chi connectivity index (χ1v) is 9.02. The van der Waals surface area contributed by atoms with Gasteiger partial charge in [0, 0.05) is 5.41 Å². The number of hydrogen-bond acceptors (Lipinski definition) is 2. The van der Waals surface area contributed by atoms with Crippen LogP contribution in [0, 0.1) is 28.6 Å². The predicted octanol–water partition coefficient (Wildman–Crippen LogP) is 3.67. The predicted molar refractivity (Wildman–Crippen MR) is 83.7 cm³/mol. The number of aliphatic hydroxyl groups excluding tert-OH is 2. The van der Waals surface area contributed by atoms with E-state index in [0.29, 0.717) is 11.3 Å². The molecule has 0 aromatic heterocycles. The lowest BCUT2D eigenvalue weighted by Gasteiger charge is -2.59. The van der Waals surface area contributed by atoms with E-state index >= 15 is 0 Å². The molecule has 0 aromatic carbocycles. The molecule has 7 atom stereocenters. The first-order chi connectivity index (χ1) is 9.95. The average molecular weight is 290 g/mol. The van der Waals surface area contributed by atoms with E-state index in [9.17, 15) is 10.2 Å². The van der Waals surface area contributed by atoms with Crippen LogP contribution in [0.25, 0.3) is 0 Å². The summed E-state index contributed by atoms with van der Waals surface area (Å²) in [6, 6.07) is 0. The van der Waals surface area contributed by atoms with Crippen LogP contribution in [0.4, 0.5) is 0 Å². The van der Waals surface area contributed by atoms with Gasteiger partial charge in [0.2, 0.25) is 0 Å². The van der Waals surface area contributed by atoms with Crippen LogP contribution in [0.5, 0.6) is 0 Å². The molecule has 2 heteroatoms. The van der Waals surface area contributed by atoms with Crippen molar-refractivity contribution in [2.45, 2.75) is 77.4 Å². The second-order valence-electron chi connectivity index (χ2n) is 8.79. The normalized spacial score (nSPS) is 56.2. The highest BCUT2D eigenvalue weighted by Crippen LogP contribution is 2.64. The van der Waals surface area contributed by atoms with Crippen molar-refractivity contribution in [3.05, 3.63) is 11.6 Å². The molecule has 4 aliphatic carbocycles. The van der Waals surface area contributed by atoms with Crippen LogP contribution in [-0.2, 0) is 0 Å². The second-order valence-corrected chi connectivity index (χ2v) is 8.79. The Bertz CT molecular complexity index is 470. The lowest BCUT2D eigenvalue weighted by molar-refractivity contribution is -0.0891. The average Bonchev–Trinajstić information content (AvgIpc) is 2.76. The number of aliphatic hydroxyl groups is 2. The van der Waals surface area contributed by atoms with Gasteiger partial charge in [-0.2, -0.15) is 0 Å². The minimum atomic E-state index is -0.146. The third-order valence-corrected chi connectivity index (χ3v) is 7.99. The van der Waals surface area contributed by atoms with E-state index < -0.39 is 0 Å². The molecule has 0 amide bonds. The van der Waals surface area contributed by atoms with Gasteiger partial charge in [0.05, 0.1) is 12.2 Å². The standard InChI is InChI=1S/C19H30O2/c1-18-9-7-13(20)11-12(18)3-4-14-15-5-6-17(21)19(15,2)10-8-16(14)18/h5,12-14,16-17,20-21H,3-4,6-11H2,1-2H3/t12-,13-,14?,16?,17-,18-,19-/m0/s1. The van der Waals surface area contributed by atoms with Gasteiger partial charge in [0.15, 0.2) is 0 Å². The lowest BCUT2D eigenvalue weighted by Crippen LogP contribution is -2.52. The lowest BCUT2D eigenvalue weighted by atomic mass is 9.46. The van der Waals surface area contributed by atoms with Crippen LogP contribution in [-0.4, -0.2) is 22.4 Å². The SMILES string of the molecule is C[C@]12CCC3C(CC[C@H]4C[C@@H](O)CC[C@]34C)C1=CC[C@@H]2O. The molecular weight excluding hydrogens is 260 g/mol. The summed E-state index contributed by atoms with van der Waals surface area (Å²) in [6.45, 7) is 4.81. The second kappa shape index (κ2) is 4.58. The van der Waals surface area contributed by atoms with Gasteiger partial charge in [-0.15, -0.1) is 0 Å². The van der Waals surface area contributed by atoms with Crippen molar-refractivity contribution in [1.82, 2.24) is 0 Å². The summed E-state index contributed by atoms with van der Waals surface area (Å²) < 4.78 is 0. The summed E-state index contributed by atoms with van der Waals surface area (Å²) in [6.07, 6.45) is 11.3. The molecule has 2 unspecified atom stereocenters. The third kappa shape index (κ3) is 1.84. The van der Waals surface area contributed by atoms with Crippen LogP contribution < -0.4 is 0 Å². The van der Waals surface area contributed by atoms with Gasteiger partial charge in [-0.25, -0.2) is 0 Å². The Morgan fingerprint density at radius 3 is 2.67 bits per heavy atom. The first kappa shape index (κ1) is 14.3. The molecule has 0 heterocycles. The van der Waals surface area contributed by atoms with Gasteiger partial charge in [-0.1, -0.05) is 25.5 Å². The summed E-state index contributed by atoms with van der Waals surface area (Å²) >= 11 is 0. The van der Waals surface area contributed by atoms with Crippen LogP contribution in [0.2, 0.25) is 0 Å². The minimum absolute atomic E-state index is 0.0546. The van der Waals surface area contributed by atoms with Crippen molar-refractivity contribution >= 4 is 0 Å². The monoisotopic (exact) mass is 290 g/mol. The van der Waals surface area contributed by atoms with Crippen LogP contribution >= 0.6 is 0 Å². The van der Waals surface area contributed by atoms with Gasteiger partial charge >= 0.3 is 0 Å². The van der Waals surface area contributed by atoms with Gasteiger partial charge in [-0.3, -0.25) is 0 Å². The van der Waals surface area contributed by atoms with Crippen LogP contribution in [0.3, 0.4) is 0 Å². The smallest absolute Gasteiger partial charge is 0.0665 e. The zero-order valence-corrected chi connectivity index (χ0v) is 13.5. The fraction of sp³-hybridized carbons (Fsp3) is 0.895. The fourth-order valence-electron chi connectivity index (χ4n) is 6.54. The van der Waals surface area contributed by atoms with E-state index in [1.807, 2.05) is 0 Å². The highest BCUT2D eigenvalue weighted by molar-refractivity contribution is 5.30. The summed E-state index contributed by atoms with van der Waals surface area (Å²) in [5.41, 5.74) is 2.09. The maximum Gasteiger partial charge on any atom is 0.0665 e. The zero-order valence-electron chi connectivity index (χ0n) is 13.5. The Labute approximate surface area is 128 Å². The van der Waals surface area contributed by atoms with Crippen molar-refractivity contribution in [3.8, 4) is 0 Å². The number of fused-ring (bicyclic) bond motifs is 5. The van der Waals surface area contributed by atoms with Crippen molar-refractivity contribution in [1.29, 1.82) is 0 Å². The Kier molecular flexibility index (Phi) is 3.11. The molecule has 0 bridgehead atoms. The fourth-order valence-corrected chi connectivity index (χ4v) is 6.54. The molecule has 0 saturated heterocycles. The Balaban J connectivity index is 1.65. The molecule has 2 N–H and O–H groups in total. The maximum absolute atomic E-state index is 10.4. The molecule has 21 heavy (non-hydrogen) atoms. The van der Waals surface area contributed by atoms with E-state index in [0.717, 1.165) is 37.5 Å². The molecule has 118 valence electrons. The zero-order chi connectivity index (χ0) is 14.8. The molecule has 0 radical (unpaired) electrons.